The van der Waals surface area contributed by atoms with Gasteiger partial charge in [-0.1, -0.05) is 6.07 Å². The van der Waals surface area contributed by atoms with Crippen LogP contribution in [0.2, 0.25) is 0 Å². The lowest BCUT2D eigenvalue weighted by Gasteiger charge is -2.10. The average molecular weight is 324 g/mol. The fourth-order valence-corrected chi connectivity index (χ4v) is 2.10. The molecule has 2 aromatic rings. The summed E-state index contributed by atoms with van der Waals surface area (Å²) >= 11 is 3.22. The Bertz CT molecular complexity index is 648. The lowest BCUT2D eigenvalue weighted by molar-refractivity contribution is 0.0698. The van der Waals surface area contributed by atoms with Gasteiger partial charge in [0.15, 0.2) is 0 Å². The van der Waals surface area contributed by atoms with Crippen molar-refractivity contribution in [2.45, 2.75) is 6.92 Å². The number of aromatic carboxylic acids is 1. The van der Waals surface area contributed by atoms with Crippen LogP contribution in [0, 0.1) is 6.92 Å². The van der Waals surface area contributed by atoms with Crippen molar-refractivity contribution in [2.24, 2.45) is 0 Å². The molecule has 5 nitrogen and oxygen atoms in total. The van der Waals surface area contributed by atoms with Gasteiger partial charge in [0.25, 0.3) is 5.91 Å². The highest BCUT2D eigenvalue weighted by Gasteiger charge is 2.18. The Morgan fingerprint density at radius 2 is 2.00 bits per heavy atom. The van der Waals surface area contributed by atoms with E-state index < -0.39 is 11.9 Å². The van der Waals surface area contributed by atoms with E-state index in [9.17, 15) is 9.59 Å². The van der Waals surface area contributed by atoms with Crippen molar-refractivity contribution >= 4 is 33.5 Å². The number of furan rings is 1. The van der Waals surface area contributed by atoms with Crippen molar-refractivity contribution in [2.75, 3.05) is 5.32 Å². The summed E-state index contributed by atoms with van der Waals surface area (Å²) in [5, 5.41) is 11.7. The fraction of sp³-hybridized carbons (Fsp3) is 0.0769. The first-order valence-electron chi connectivity index (χ1n) is 5.38. The van der Waals surface area contributed by atoms with Crippen molar-refractivity contribution in [3.63, 3.8) is 0 Å². The second-order valence-electron chi connectivity index (χ2n) is 3.81. The Labute approximate surface area is 117 Å². The van der Waals surface area contributed by atoms with E-state index in [0.29, 0.717) is 15.8 Å². The number of benzene rings is 1. The predicted octanol–water partition coefficient (Wildman–Crippen LogP) is 3.30. The van der Waals surface area contributed by atoms with Gasteiger partial charge in [-0.15, -0.1) is 0 Å². The molecule has 0 aliphatic heterocycles. The molecule has 0 fully saturated rings. The third kappa shape index (κ3) is 2.68. The molecule has 1 aromatic heterocycles. The lowest BCUT2D eigenvalue weighted by atomic mass is 10.1. The van der Waals surface area contributed by atoms with E-state index >= 15 is 0 Å². The Kier molecular flexibility index (Phi) is 3.71. The average Bonchev–Trinajstić information content (AvgIpc) is 2.77. The number of hydrogen-bond acceptors (Lipinski definition) is 3. The monoisotopic (exact) mass is 323 g/mol. The van der Waals surface area contributed by atoms with E-state index in [1.165, 1.54) is 18.4 Å². The van der Waals surface area contributed by atoms with Crippen molar-refractivity contribution in [3.8, 4) is 0 Å². The zero-order valence-corrected chi connectivity index (χ0v) is 11.5. The largest absolute Gasteiger partial charge is 0.478 e. The van der Waals surface area contributed by atoms with Crippen molar-refractivity contribution in [3.05, 3.63) is 51.9 Å². The van der Waals surface area contributed by atoms with Crippen LogP contribution in [0.25, 0.3) is 0 Å². The number of carboxylic acid groups (broad SMARTS) is 1. The Balaban J connectivity index is 2.36. The van der Waals surface area contributed by atoms with Crippen LogP contribution in [0.15, 0.2) is 39.4 Å². The molecule has 6 heteroatoms. The molecular weight excluding hydrogens is 314 g/mol. The molecule has 1 amide bonds. The lowest BCUT2D eigenvalue weighted by Crippen LogP contribution is -2.15. The third-order valence-corrected chi connectivity index (χ3v) is 3.25. The van der Waals surface area contributed by atoms with E-state index in [-0.39, 0.29) is 11.3 Å². The van der Waals surface area contributed by atoms with Crippen molar-refractivity contribution in [1.29, 1.82) is 0 Å². The van der Waals surface area contributed by atoms with E-state index in [4.69, 9.17) is 9.52 Å². The molecule has 0 aliphatic rings. The van der Waals surface area contributed by atoms with Gasteiger partial charge < -0.3 is 14.8 Å². The van der Waals surface area contributed by atoms with Crippen LogP contribution in [0.4, 0.5) is 5.69 Å². The van der Waals surface area contributed by atoms with Gasteiger partial charge in [0.2, 0.25) is 0 Å². The molecule has 2 rings (SSSR count). The smallest absolute Gasteiger partial charge is 0.337 e. The number of anilines is 1. The number of nitrogens with one attached hydrogen (secondary N) is 1. The molecular formula is C13H10BrNO4. The maximum atomic E-state index is 12.0. The molecule has 1 aromatic carbocycles. The van der Waals surface area contributed by atoms with Gasteiger partial charge in [0.05, 0.1) is 23.1 Å². The standard InChI is InChI=1S/C13H10BrNO4/c1-7-8(5-6-19-7)12(16)15-11-9(13(17)18)3-2-4-10(11)14/h2-6H,1H3,(H,15,16)(H,17,18). The van der Waals surface area contributed by atoms with Crippen LogP contribution in [-0.4, -0.2) is 17.0 Å². The SMILES string of the molecule is Cc1occc1C(=O)Nc1c(Br)cccc1C(=O)O. The maximum absolute atomic E-state index is 12.0. The van der Waals surface area contributed by atoms with Crippen molar-refractivity contribution in [1.82, 2.24) is 0 Å². The quantitative estimate of drug-likeness (QED) is 0.908. The molecule has 0 bridgehead atoms. The normalized spacial score (nSPS) is 10.2. The minimum atomic E-state index is -1.11. The van der Waals surface area contributed by atoms with Gasteiger partial charge in [0, 0.05) is 4.47 Å². The number of carbonyl (C=O) groups is 2. The Hall–Kier alpha value is -2.08. The highest BCUT2D eigenvalue weighted by atomic mass is 79.9. The van der Waals surface area contributed by atoms with Gasteiger partial charge in [-0.25, -0.2) is 4.79 Å². The number of para-hydroxylation sites is 1. The molecule has 0 spiro atoms. The molecule has 0 atom stereocenters. The minimum Gasteiger partial charge on any atom is -0.478 e. The number of aryl methyl sites for hydroxylation is 1. The molecule has 2 N–H and O–H groups in total. The summed E-state index contributed by atoms with van der Waals surface area (Å²) in [6.45, 7) is 1.66. The van der Waals surface area contributed by atoms with E-state index in [1.807, 2.05) is 0 Å². The van der Waals surface area contributed by atoms with Crippen LogP contribution in [0.5, 0.6) is 0 Å². The summed E-state index contributed by atoms with van der Waals surface area (Å²) in [6.07, 6.45) is 1.41. The number of hydrogen-bond donors (Lipinski definition) is 2. The Morgan fingerprint density at radius 1 is 1.26 bits per heavy atom. The van der Waals surface area contributed by atoms with E-state index in [2.05, 4.69) is 21.2 Å². The number of carbonyl (C=O) groups excluding carboxylic acids is 1. The summed E-state index contributed by atoms with van der Waals surface area (Å²) in [4.78, 5) is 23.2. The van der Waals surface area contributed by atoms with E-state index in [0.717, 1.165) is 0 Å². The summed E-state index contributed by atoms with van der Waals surface area (Å²) in [7, 11) is 0. The molecule has 19 heavy (non-hydrogen) atoms. The fourth-order valence-electron chi connectivity index (χ4n) is 1.63. The number of carboxylic acids is 1. The Morgan fingerprint density at radius 3 is 2.58 bits per heavy atom. The topological polar surface area (TPSA) is 79.5 Å². The minimum absolute atomic E-state index is 0.0175. The summed E-state index contributed by atoms with van der Waals surface area (Å²) in [5.41, 5.74) is 0.608. The third-order valence-electron chi connectivity index (χ3n) is 2.59. The second kappa shape index (κ2) is 5.27. The van der Waals surface area contributed by atoms with Gasteiger partial charge >= 0.3 is 5.97 Å². The summed E-state index contributed by atoms with van der Waals surface area (Å²) in [6, 6.07) is 6.20. The zero-order chi connectivity index (χ0) is 14.0. The van der Waals surface area contributed by atoms with Gasteiger partial charge in [-0.05, 0) is 41.1 Å². The van der Waals surface area contributed by atoms with Gasteiger partial charge in [0.1, 0.15) is 5.76 Å². The number of halogens is 1. The van der Waals surface area contributed by atoms with Gasteiger partial charge in [-0.3, -0.25) is 4.79 Å². The molecule has 0 saturated heterocycles. The molecule has 0 saturated carbocycles. The van der Waals surface area contributed by atoms with Crippen LogP contribution < -0.4 is 5.32 Å². The highest BCUT2D eigenvalue weighted by Crippen LogP contribution is 2.27. The first kappa shape index (κ1) is 13.4. The van der Waals surface area contributed by atoms with Crippen LogP contribution in [-0.2, 0) is 0 Å². The molecule has 0 radical (unpaired) electrons. The van der Waals surface area contributed by atoms with Crippen molar-refractivity contribution < 1.29 is 19.1 Å². The molecule has 1 heterocycles. The maximum Gasteiger partial charge on any atom is 0.337 e. The second-order valence-corrected chi connectivity index (χ2v) is 4.67. The van der Waals surface area contributed by atoms with Crippen LogP contribution in [0.3, 0.4) is 0 Å². The molecule has 0 unspecified atom stereocenters. The van der Waals surface area contributed by atoms with E-state index in [1.54, 1.807) is 19.1 Å². The van der Waals surface area contributed by atoms with Gasteiger partial charge in [-0.2, -0.15) is 0 Å². The summed E-state index contributed by atoms with van der Waals surface area (Å²) in [5.74, 6) is -1.05. The molecule has 0 aliphatic carbocycles. The zero-order valence-electron chi connectivity index (χ0n) is 9.94. The predicted molar refractivity (Wildman–Crippen MR) is 72.5 cm³/mol. The van der Waals surface area contributed by atoms with Crippen LogP contribution >= 0.6 is 15.9 Å². The summed E-state index contributed by atoms with van der Waals surface area (Å²) < 4.78 is 5.54. The first-order chi connectivity index (χ1) is 9.00. The van der Waals surface area contributed by atoms with Crippen LogP contribution in [0.1, 0.15) is 26.5 Å². The first-order valence-corrected chi connectivity index (χ1v) is 6.17. The number of amides is 1. The number of rotatable bonds is 3. The molecule has 98 valence electrons. The highest BCUT2D eigenvalue weighted by molar-refractivity contribution is 9.10.